The van der Waals surface area contributed by atoms with Crippen molar-refractivity contribution in [2.75, 3.05) is 24.7 Å². The maximum atomic E-state index is 12.7. The number of para-hydroxylation sites is 1. The predicted octanol–water partition coefficient (Wildman–Crippen LogP) is 3.78. The van der Waals surface area contributed by atoms with Crippen molar-refractivity contribution in [2.45, 2.75) is 9.79 Å². The van der Waals surface area contributed by atoms with Crippen molar-refractivity contribution in [1.82, 2.24) is 0 Å². The third-order valence-electron chi connectivity index (χ3n) is 3.15. The number of ether oxygens (including phenoxy) is 2. The molecule has 1 N–H and O–H groups in total. The monoisotopic (exact) mass is 365 g/mol. The smallest absolute Gasteiger partial charge is 0.262 e. The van der Waals surface area contributed by atoms with Crippen LogP contribution in [0.5, 0.6) is 11.5 Å². The van der Waals surface area contributed by atoms with Gasteiger partial charge in [-0.15, -0.1) is 18.3 Å². The van der Waals surface area contributed by atoms with Crippen molar-refractivity contribution in [1.29, 1.82) is 0 Å². The minimum Gasteiger partial charge on any atom is -0.493 e. The molecule has 0 spiro atoms. The van der Waals surface area contributed by atoms with E-state index in [0.717, 1.165) is 4.90 Å². The molecule has 0 aliphatic rings. The Labute approximate surface area is 146 Å². The number of rotatable bonds is 8. The average Bonchev–Trinajstić information content (AvgIpc) is 2.60. The molecule has 24 heavy (non-hydrogen) atoms. The third kappa shape index (κ3) is 4.24. The Kier molecular flexibility index (Phi) is 6.16. The van der Waals surface area contributed by atoms with Gasteiger partial charge in [-0.3, -0.25) is 4.72 Å². The summed E-state index contributed by atoms with van der Waals surface area (Å²) in [5.41, 5.74) is 0.527. The van der Waals surface area contributed by atoms with Crippen molar-refractivity contribution in [3.8, 4) is 11.5 Å². The first kappa shape index (κ1) is 18.2. The molecule has 2 rings (SSSR count). The Hall–Kier alpha value is -2.12. The van der Waals surface area contributed by atoms with Crippen LogP contribution in [0.3, 0.4) is 0 Å². The zero-order valence-electron chi connectivity index (χ0n) is 13.5. The van der Waals surface area contributed by atoms with Crippen LogP contribution < -0.4 is 14.2 Å². The number of sulfonamides is 1. The summed E-state index contributed by atoms with van der Waals surface area (Å²) in [5.74, 6) is 1.52. The van der Waals surface area contributed by atoms with Gasteiger partial charge in [0.25, 0.3) is 10.0 Å². The quantitative estimate of drug-likeness (QED) is 0.570. The minimum atomic E-state index is -3.74. The van der Waals surface area contributed by atoms with Crippen LogP contribution in [0.1, 0.15) is 0 Å². The van der Waals surface area contributed by atoms with Gasteiger partial charge >= 0.3 is 0 Å². The molecule has 0 saturated carbocycles. The van der Waals surface area contributed by atoms with E-state index in [1.807, 2.05) is 12.1 Å². The Balaban J connectivity index is 2.34. The third-order valence-corrected chi connectivity index (χ3v) is 5.59. The van der Waals surface area contributed by atoms with Gasteiger partial charge in [-0.25, -0.2) is 8.42 Å². The Bertz CT molecular complexity index is 819. The van der Waals surface area contributed by atoms with Crippen molar-refractivity contribution >= 4 is 27.5 Å². The van der Waals surface area contributed by atoms with E-state index in [1.165, 1.54) is 38.1 Å². The molecule has 0 saturated heterocycles. The number of hydrogen-bond donors (Lipinski definition) is 1. The Morgan fingerprint density at radius 3 is 2.50 bits per heavy atom. The fourth-order valence-electron chi connectivity index (χ4n) is 2.01. The second kappa shape index (κ2) is 8.12. The minimum absolute atomic E-state index is 0.101. The molecular weight excluding hydrogens is 346 g/mol. The molecule has 128 valence electrons. The van der Waals surface area contributed by atoms with Crippen LogP contribution in [-0.2, 0) is 10.0 Å². The number of benzene rings is 2. The van der Waals surface area contributed by atoms with Gasteiger partial charge in [0.15, 0.2) is 11.5 Å². The van der Waals surface area contributed by atoms with E-state index in [1.54, 1.807) is 24.3 Å². The fourth-order valence-corrected chi connectivity index (χ4v) is 3.92. The summed E-state index contributed by atoms with van der Waals surface area (Å²) in [7, 11) is -0.785. The molecule has 2 aromatic carbocycles. The van der Waals surface area contributed by atoms with Gasteiger partial charge in [-0.05, 0) is 24.3 Å². The number of nitrogens with one attached hydrogen (secondary N) is 1. The van der Waals surface area contributed by atoms with E-state index in [2.05, 4.69) is 11.3 Å². The van der Waals surface area contributed by atoms with E-state index < -0.39 is 10.0 Å². The molecule has 2 aromatic rings. The van der Waals surface area contributed by atoms with Crippen molar-refractivity contribution in [2.24, 2.45) is 0 Å². The Morgan fingerprint density at radius 1 is 1.12 bits per heavy atom. The van der Waals surface area contributed by atoms with Gasteiger partial charge in [-0.2, -0.15) is 0 Å². The van der Waals surface area contributed by atoms with E-state index in [0.29, 0.717) is 22.9 Å². The molecule has 0 aliphatic heterocycles. The highest BCUT2D eigenvalue weighted by molar-refractivity contribution is 7.99. The SMILES string of the molecule is C=CCSc1ccccc1NS(=O)(=O)c1ccc(OC)c(OC)c1. The Morgan fingerprint density at radius 2 is 1.83 bits per heavy atom. The van der Waals surface area contributed by atoms with Gasteiger partial charge in [0.05, 0.1) is 24.8 Å². The van der Waals surface area contributed by atoms with Crippen LogP contribution in [0.4, 0.5) is 5.69 Å². The summed E-state index contributed by atoms with van der Waals surface area (Å²) in [6.45, 7) is 3.68. The number of anilines is 1. The van der Waals surface area contributed by atoms with Gasteiger partial charge < -0.3 is 9.47 Å². The van der Waals surface area contributed by atoms with Crippen LogP contribution in [0.25, 0.3) is 0 Å². The standard InChI is InChI=1S/C17H19NO4S2/c1-4-11-23-17-8-6-5-7-14(17)18-24(19,20)13-9-10-15(21-2)16(12-13)22-3/h4-10,12,18H,1,11H2,2-3H3. The van der Waals surface area contributed by atoms with Crippen LogP contribution in [0.2, 0.25) is 0 Å². The van der Waals surface area contributed by atoms with E-state index >= 15 is 0 Å². The highest BCUT2D eigenvalue weighted by Gasteiger charge is 2.18. The molecule has 0 fully saturated rings. The zero-order chi connectivity index (χ0) is 17.6. The van der Waals surface area contributed by atoms with Crippen molar-refractivity contribution in [3.63, 3.8) is 0 Å². The second-order valence-electron chi connectivity index (χ2n) is 4.72. The fraction of sp³-hybridized carbons (Fsp3) is 0.176. The zero-order valence-corrected chi connectivity index (χ0v) is 15.1. The van der Waals surface area contributed by atoms with Crippen LogP contribution >= 0.6 is 11.8 Å². The summed E-state index contributed by atoms with van der Waals surface area (Å²) in [4.78, 5) is 0.935. The summed E-state index contributed by atoms with van der Waals surface area (Å²) in [6, 6.07) is 11.7. The maximum absolute atomic E-state index is 12.7. The highest BCUT2D eigenvalue weighted by Crippen LogP contribution is 2.32. The lowest BCUT2D eigenvalue weighted by atomic mass is 10.3. The first-order valence-electron chi connectivity index (χ1n) is 7.09. The number of methoxy groups -OCH3 is 2. The molecule has 5 nitrogen and oxygen atoms in total. The molecule has 0 unspecified atom stereocenters. The van der Waals surface area contributed by atoms with Crippen LogP contribution in [0, 0.1) is 0 Å². The lowest BCUT2D eigenvalue weighted by Crippen LogP contribution is -2.13. The lowest BCUT2D eigenvalue weighted by molar-refractivity contribution is 0.354. The van der Waals surface area contributed by atoms with E-state index in [9.17, 15) is 8.42 Å². The normalized spacial score (nSPS) is 10.9. The predicted molar refractivity (Wildman–Crippen MR) is 97.7 cm³/mol. The molecule has 0 aliphatic carbocycles. The molecule has 0 radical (unpaired) electrons. The summed E-state index contributed by atoms with van der Waals surface area (Å²) >= 11 is 1.51. The topological polar surface area (TPSA) is 64.6 Å². The van der Waals surface area contributed by atoms with Crippen molar-refractivity contribution in [3.05, 3.63) is 55.1 Å². The van der Waals surface area contributed by atoms with E-state index in [-0.39, 0.29) is 4.90 Å². The van der Waals surface area contributed by atoms with Gasteiger partial charge in [-0.1, -0.05) is 18.2 Å². The first-order valence-corrected chi connectivity index (χ1v) is 9.56. The van der Waals surface area contributed by atoms with Crippen LogP contribution in [-0.4, -0.2) is 28.4 Å². The molecule has 0 atom stereocenters. The average molecular weight is 365 g/mol. The molecular formula is C17H19NO4S2. The second-order valence-corrected chi connectivity index (χ2v) is 7.46. The molecule has 7 heteroatoms. The summed E-state index contributed by atoms with van der Waals surface area (Å²) in [5, 5.41) is 0. The molecule has 0 bridgehead atoms. The number of thioether (sulfide) groups is 1. The maximum Gasteiger partial charge on any atom is 0.262 e. The highest BCUT2D eigenvalue weighted by atomic mass is 32.2. The molecule has 0 heterocycles. The van der Waals surface area contributed by atoms with Gasteiger partial charge in [0, 0.05) is 16.7 Å². The number of hydrogen-bond acceptors (Lipinski definition) is 5. The molecule has 0 aromatic heterocycles. The molecule has 0 amide bonds. The largest absolute Gasteiger partial charge is 0.493 e. The van der Waals surface area contributed by atoms with Gasteiger partial charge in [0.2, 0.25) is 0 Å². The lowest BCUT2D eigenvalue weighted by Gasteiger charge is -2.13. The summed E-state index contributed by atoms with van der Waals surface area (Å²) in [6.07, 6.45) is 1.77. The first-order chi connectivity index (χ1) is 11.5. The van der Waals surface area contributed by atoms with E-state index in [4.69, 9.17) is 9.47 Å². The van der Waals surface area contributed by atoms with Crippen LogP contribution in [0.15, 0.2) is 64.9 Å². The summed E-state index contributed by atoms with van der Waals surface area (Å²) < 4.78 is 38.2. The van der Waals surface area contributed by atoms with Gasteiger partial charge in [0.1, 0.15) is 0 Å². The van der Waals surface area contributed by atoms with Crippen molar-refractivity contribution < 1.29 is 17.9 Å².